The first-order valence-electron chi connectivity index (χ1n) is 23.5. The van der Waals surface area contributed by atoms with E-state index >= 15 is 0 Å². The second-order valence-electron chi connectivity index (χ2n) is 18.7. The molecule has 3 aromatic heterocycles. The van der Waals surface area contributed by atoms with Crippen molar-refractivity contribution in [1.29, 1.82) is 0 Å². The molecular weight excluding hydrogens is 1040 g/mol. The Bertz CT molecular complexity index is 3980. The zero-order chi connectivity index (χ0) is 46.2. The number of fused-ring (bicyclic) bond motifs is 10. The molecule has 0 N–H and O–H groups in total. The summed E-state index contributed by atoms with van der Waals surface area (Å²) in [5, 5.41) is 2.19. The van der Waals surface area contributed by atoms with Gasteiger partial charge in [0.1, 0.15) is 5.82 Å². The van der Waals surface area contributed by atoms with Gasteiger partial charge in [0.2, 0.25) is 0 Å². The maximum atomic E-state index is 6.81. The number of aromatic nitrogens is 4. The van der Waals surface area contributed by atoms with Gasteiger partial charge in [0.05, 0.1) is 16.7 Å². The molecule has 4 heterocycles. The van der Waals surface area contributed by atoms with E-state index in [1.165, 1.54) is 16.7 Å². The molecule has 13 rings (SSSR count). The number of benzene rings is 9. The van der Waals surface area contributed by atoms with Crippen LogP contribution in [0, 0.1) is 18.5 Å². The Hall–Kier alpha value is -8.11. The van der Waals surface area contributed by atoms with Crippen molar-refractivity contribution >= 4 is 32.8 Å². The van der Waals surface area contributed by atoms with Crippen molar-refractivity contribution in [3.05, 3.63) is 236 Å². The van der Waals surface area contributed by atoms with E-state index in [4.69, 9.17) is 9.72 Å². The minimum Gasteiger partial charge on any atom is -0.510 e. The fourth-order valence-corrected chi connectivity index (χ4v) is 10.3. The number of pyridine rings is 1. The monoisotopic (exact) mass is 1080 g/mol. The zero-order valence-electron chi connectivity index (χ0n) is 38.7. The fraction of sp³-hybridized carbons (Fsp3) is 0.0625. The summed E-state index contributed by atoms with van der Waals surface area (Å²) in [7, 11) is 0. The molecule has 0 aliphatic carbocycles. The third-order valence-electron chi connectivity index (χ3n) is 13.6. The largest absolute Gasteiger partial charge is 0.510 e. The molecule has 0 amide bonds. The number of para-hydroxylation sites is 3. The molecule has 0 saturated heterocycles. The van der Waals surface area contributed by atoms with Gasteiger partial charge in [0.25, 0.3) is 6.33 Å². The Kier molecular flexibility index (Phi) is 10.6. The molecule has 338 valence electrons. The molecular formula is C64H44N4OPt-2. The molecule has 0 fully saturated rings. The number of rotatable bonds is 6. The second kappa shape index (κ2) is 17.1. The Labute approximate surface area is 421 Å². The predicted octanol–water partition coefficient (Wildman–Crippen LogP) is 15.5. The van der Waals surface area contributed by atoms with Crippen LogP contribution in [-0.2, 0) is 26.5 Å². The first-order valence-corrected chi connectivity index (χ1v) is 23.5. The van der Waals surface area contributed by atoms with Crippen molar-refractivity contribution in [3.8, 4) is 84.3 Å². The van der Waals surface area contributed by atoms with Gasteiger partial charge < -0.3 is 13.9 Å². The van der Waals surface area contributed by atoms with Crippen molar-refractivity contribution in [2.45, 2.75) is 26.2 Å². The van der Waals surface area contributed by atoms with Gasteiger partial charge in [-0.25, -0.2) is 4.98 Å². The SMILES string of the molecule is CC(C)(C)c1ccnc(-n2c3[c-]c(Oc4[c-]c(-n5[c-][n+]6c7c(cccc75)-c5ccccc5-c5ccccc5-c5cccc(-c7ccccc7)c5-6)ccc4)ccc3c3cccc(-c4ccccc4)c32)c1.[Pt]. The summed E-state index contributed by atoms with van der Waals surface area (Å²) >= 11 is 0. The molecule has 1 aliphatic heterocycles. The Balaban J connectivity index is 0.00000505. The Morgan fingerprint density at radius 3 is 1.80 bits per heavy atom. The average molecular weight is 1080 g/mol. The Morgan fingerprint density at radius 1 is 0.500 bits per heavy atom. The van der Waals surface area contributed by atoms with Crippen molar-refractivity contribution in [1.82, 2.24) is 14.1 Å². The molecule has 5 nitrogen and oxygen atoms in total. The molecule has 0 radical (unpaired) electrons. The van der Waals surface area contributed by atoms with Crippen molar-refractivity contribution in [2.24, 2.45) is 0 Å². The first kappa shape index (κ1) is 43.2. The smallest absolute Gasteiger partial charge is 0.268 e. The van der Waals surface area contributed by atoms with E-state index in [-0.39, 0.29) is 26.5 Å². The van der Waals surface area contributed by atoms with E-state index in [0.29, 0.717) is 11.5 Å². The molecule has 0 bridgehead atoms. The van der Waals surface area contributed by atoms with Gasteiger partial charge in [-0.1, -0.05) is 190 Å². The van der Waals surface area contributed by atoms with Crippen LogP contribution < -0.4 is 9.30 Å². The summed E-state index contributed by atoms with van der Waals surface area (Å²) in [6, 6.07) is 80.4. The number of hydrogen-bond donors (Lipinski definition) is 0. The van der Waals surface area contributed by atoms with Crippen LogP contribution >= 0.6 is 0 Å². The summed E-state index contributed by atoms with van der Waals surface area (Å²) in [6.07, 6.45) is 5.80. The number of hydrogen-bond acceptors (Lipinski definition) is 2. The molecule has 70 heavy (non-hydrogen) atoms. The van der Waals surface area contributed by atoms with Crippen LogP contribution in [0.2, 0.25) is 0 Å². The van der Waals surface area contributed by atoms with Crippen LogP contribution in [-0.4, -0.2) is 14.1 Å². The van der Waals surface area contributed by atoms with Crippen molar-refractivity contribution in [2.75, 3.05) is 0 Å². The fourth-order valence-electron chi connectivity index (χ4n) is 10.3. The molecule has 1 aliphatic rings. The van der Waals surface area contributed by atoms with Crippen LogP contribution in [0.15, 0.2) is 212 Å². The van der Waals surface area contributed by atoms with Gasteiger partial charge in [-0.3, -0.25) is 4.57 Å². The standard InChI is InChI=1S/C64H44N4O.Pt/c1-64(2,3)44-36-37-65-60(38-44)68-59-40-47(34-35-54(59)57-31-16-29-49(62(57)68)43-20-8-5-9-21-43)69-46-23-14-22-45(39-46)66-41-67-61-48(42-18-6-4-7-19-42)28-15-30-55(61)52-26-12-10-24-50(52)51-25-11-13-27-53(51)56-32-17-33-58(66)63(56)67;/h4-38H,1-3H3;/q-2;. The van der Waals surface area contributed by atoms with Gasteiger partial charge >= 0.3 is 0 Å². The summed E-state index contributed by atoms with van der Waals surface area (Å²) in [5.74, 6) is 1.97. The van der Waals surface area contributed by atoms with Crippen LogP contribution in [0.25, 0.3) is 106 Å². The number of ether oxygens (including phenoxy) is 1. The summed E-state index contributed by atoms with van der Waals surface area (Å²) < 4.78 is 13.5. The average Bonchev–Trinajstić information content (AvgIpc) is 3.96. The summed E-state index contributed by atoms with van der Waals surface area (Å²) in [5.41, 5.74) is 18.4. The van der Waals surface area contributed by atoms with Crippen molar-refractivity contribution < 1.29 is 30.4 Å². The van der Waals surface area contributed by atoms with Crippen LogP contribution in [0.3, 0.4) is 0 Å². The van der Waals surface area contributed by atoms with Crippen LogP contribution in [0.1, 0.15) is 26.3 Å². The molecule has 0 saturated carbocycles. The molecule has 0 spiro atoms. The van der Waals surface area contributed by atoms with E-state index in [1.807, 2.05) is 24.4 Å². The minimum atomic E-state index is -0.0696. The Morgan fingerprint density at radius 2 is 1.07 bits per heavy atom. The van der Waals surface area contributed by atoms with Gasteiger partial charge in [-0.15, -0.1) is 29.7 Å². The van der Waals surface area contributed by atoms with E-state index in [1.54, 1.807) is 0 Å². The molecule has 12 aromatic rings. The first-order chi connectivity index (χ1) is 33.9. The maximum absolute atomic E-state index is 6.81. The second-order valence-corrected chi connectivity index (χ2v) is 18.7. The van der Waals surface area contributed by atoms with E-state index in [9.17, 15) is 0 Å². The maximum Gasteiger partial charge on any atom is 0.268 e. The number of imidazole rings is 1. The summed E-state index contributed by atoms with van der Waals surface area (Å²) in [4.78, 5) is 5.00. The van der Waals surface area contributed by atoms with E-state index in [0.717, 1.165) is 94.5 Å². The number of nitrogens with zero attached hydrogens (tertiary/aromatic N) is 4. The van der Waals surface area contributed by atoms with Crippen LogP contribution in [0.4, 0.5) is 0 Å². The normalized spacial score (nSPS) is 11.8. The molecule has 0 atom stereocenters. The summed E-state index contributed by atoms with van der Waals surface area (Å²) in [6.45, 7) is 6.71. The van der Waals surface area contributed by atoms with E-state index < -0.39 is 0 Å². The van der Waals surface area contributed by atoms with Gasteiger partial charge in [-0.05, 0) is 84.3 Å². The quantitative estimate of drug-likeness (QED) is 0.123. The van der Waals surface area contributed by atoms with Crippen molar-refractivity contribution in [3.63, 3.8) is 0 Å². The minimum absolute atomic E-state index is 0. The van der Waals surface area contributed by atoms with Gasteiger partial charge in [0.15, 0.2) is 0 Å². The van der Waals surface area contributed by atoms with Gasteiger partial charge in [-0.2, -0.15) is 18.2 Å². The van der Waals surface area contributed by atoms with Gasteiger partial charge in [0, 0.05) is 49.8 Å². The zero-order valence-corrected chi connectivity index (χ0v) is 41.0. The topological polar surface area (TPSA) is 35.9 Å². The van der Waals surface area contributed by atoms with E-state index in [2.05, 4.69) is 241 Å². The predicted molar refractivity (Wildman–Crippen MR) is 279 cm³/mol. The third-order valence-corrected chi connectivity index (χ3v) is 13.6. The third kappa shape index (κ3) is 7.11. The molecule has 9 aromatic carbocycles. The molecule has 0 unspecified atom stereocenters. The molecule has 6 heteroatoms. The van der Waals surface area contributed by atoms with Crippen LogP contribution in [0.5, 0.6) is 11.5 Å².